The highest BCUT2D eigenvalue weighted by atomic mass is 33.1. The maximum atomic E-state index is 11.0. The van der Waals surface area contributed by atoms with Crippen LogP contribution in [-0.4, -0.2) is 10.7 Å². The number of anilines is 1. The minimum absolute atomic E-state index is 0.0335. The molecule has 0 spiro atoms. The molecule has 2 nitrogen and oxygen atoms in total. The summed E-state index contributed by atoms with van der Waals surface area (Å²) in [7, 11) is 3.49. The molecule has 0 heterocycles. The van der Waals surface area contributed by atoms with Crippen LogP contribution >= 0.6 is 21.6 Å². The fraction of sp³-hybridized carbons (Fsp3) is 0.500. The first-order chi connectivity index (χ1) is 8.38. The van der Waals surface area contributed by atoms with E-state index in [0.717, 1.165) is 10.6 Å². The Balaban J connectivity index is 0.00000137. The SMILES string of the molecule is CC.CC(=O)Nc1ccccc1SSC(C)(C)C. The Morgan fingerprint density at radius 2 is 1.72 bits per heavy atom. The predicted molar refractivity (Wildman–Crippen MR) is 85.3 cm³/mol. The summed E-state index contributed by atoms with van der Waals surface area (Å²) in [6, 6.07) is 7.86. The minimum atomic E-state index is -0.0335. The Morgan fingerprint density at radius 3 is 2.22 bits per heavy atom. The summed E-state index contributed by atoms with van der Waals surface area (Å²) in [6.07, 6.45) is 0. The number of carbonyl (C=O) groups is 1. The van der Waals surface area contributed by atoms with Gasteiger partial charge < -0.3 is 5.32 Å². The van der Waals surface area contributed by atoms with E-state index in [4.69, 9.17) is 0 Å². The maximum Gasteiger partial charge on any atom is 0.221 e. The van der Waals surface area contributed by atoms with Gasteiger partial charge in [0.2, 0.25) is 5.91 Å². The molecule has 0 radical (unpaired) electrons. The lowest BCUT2D eigenvalue weighted by Crippen LogP contribution is -2.07. The highest BCUT2D eigenvalue weighted by Crippen LogP contribution is 2.43. The molecule has 1 N–H and O–H groups in total. The molecule has 1 amide bonds. The molecule has 1 aromatic rings. The van der Waals surface area contributed by atoms with Gasteiger partial charge in [-0.1, -0.05) is 68.3 Å². The minimum Gasteiger partial charge on any atom is -0.325 e. The van der Waals surface area contributed by atoms with Gasteiger partial charge in [0.1, 0.15) is 0 Å². The number of hydrogen-bond acceptors (Lipinski definition) is 3. The lowest BCUT2D eigenvalue weighted by Gasteiger charge is -2.17. The third kappa shape index (κ3) is 7.67. The highest BCUT2D eigenvalue weighted by Gasteiger charge is 2.13. The van der Waals surface area contributed by atoms with Crippen LogP contribution in [0.1, 0.15) is 41.5 Å². The van der Waals surface area contributed by atoms with Crippen LogP contribution in [0, 0.1) is 0 Å². The summed E-state index contributed by atoms with van der Waals surface area (Å²) >= 11 is 0. The van der Waals surface area contributed by atoms with Crippen LogP contribution in [0.2, 0.25) is 0 Å². The van der Waals surface area contributed by atoms with E-state index in [1.165, 1.54) is 6.92 Å². The Labute approximate surface area is 119 Å². The number of nitrogens with one attached hydrogen (secondary N) is 1. The third-order valence-electron chi connectivity index (χ3n) is 1.58. The van der Waals surface area contributed by atoms with E-state index in [9.17, 15) is 4.79 Å². The molecule has 1 aromatic carbocycles. The zero-order valence-electron chi connectivity index (χ0n) is 12.0. The molecule has 0 aliphatic heterocycles. The quantitative estimate of drug-likeness (QED) is 0.773. The number of benzene rings is 1. The molecule has 0 fully saturated rings. The van der Waals surface area contributed by atoms with Gasteiger partial charge in [-0.05, 0) is 12.1 Å². The summed E-state index contributed by atoms with van der Waals surface area (Å²) in [4.78, 5) is 12.1. The predicted octanol–water partition coefficient (Wildman–Crippen LogP) is 5.21. The molecule has 1 rings (SSSR count). The first kappa shape index (κ1) is 17.4. The number of rotatable bonds is 3. The Bertz CT molecular complexity index is 372. The largest absolute Gasteiger partial charge is 0.325 e. The second-order valence-corrected chi connectivity index (χ2v) is 7.45. The fourth-order valence-corrected chi connectivity index (χ4v) is 3.14. The van der Waals surface area contributed by atoms with E-state index in [-0.39, 0.29) is 10.7 Å². The Kier molecular flexibility index (Phi) is 8.20. The van der Waals surface area contributed by atoms with Gasteiger partial charge in [0.15, 0.2) is 0 Å². The molecular formula is C14H23NOS2. The van der Waals surface area contributed by atoms with Crippen molar-refractivity contribution in [2.24, 2.45) is 0 Å². The molecule has 0 saturated heterocycles. The van der Waals surface area contributed by atoms with E-state index in [2.05, 4.69) is 26.1 Å². The zero-order valence-corrected chi connectivity index (χ0v) is 13.7. The van der Waals surface area contributed by atoms with Crippen molar-refractivity contribution in [1.29, 1.82) is 0 Å². The number of amides is 1. The van der Waals surface area contributed by atoms with E-state index < -0.39 is 0 Å². The smallest absolute Gasteiger partial charge is 0.221 e. The molecule has 0 atom stereocenters. The maximum absolute atomic E-state index is 11.0. The van der Waals surface area contributed by atoms with Crippen molar-refractivity contribution in [2.45, 2.75) is 51.2 Å². The third-order valence-corrected chi connectivity index (χ3v) is 4.99. The summed E-state index contributed by atoms with van der Waals surface area (Å²) in [5.74, 6) is -0.0335. The van der Waals surface area contributed by atoms with Gasteiger partial charge in [-0.2, -0.15) is 0 Å². The van der Waals surface area contributed by atoms with Crippen molar-refractivity contribution < 1.29 is 4.79 Å². The van der Waals surface area contributed by atoms with Gasteiger partial charge in [-0.3, -0.25) is 4.79 Å². The molecule has 0 aliphatic carbocycles. The monoisotopic (exact) mass is 285 g/mol. The topological polar surface area (TPSA) is 29.1 Å². The van der Waals surface area contributed by atoms with Crippen LogP contribution in [0.4, 0.5) is 5.69 Å². The van der Waals surface area contributed by atoms with Crippen molar-refractivity contribution in [1.82, 2.24) is 0 Å². The fourth-order valence-electron chi connectivity index (χ4n) is 1.00. The number of carbonyl (C=O) groups excluding carboxylic acids is 1. The first-order valence-electron chi connectivity index (χ1n) is 6.11. The van der Waals surface area contributed by atoms with E-state index in [0.29, 0.717) is 0 Å². The van der Waals surface area contributed by atoms with Crippen LogP contribution < -0.4 is 5.32 Å². The lowest BCUT2D eigenvalue weighted by atomic mass is 10.3. The van der Waals surface area contributed by atoms with Crippen molar-refractivity contribution >= 4 is 33.2 Å². The van der Waals surface area contributed by atoms with Crippen LogP contribution in [0.5, 0.6) is 0 Å². The van der Waals surface area contributed by atoms with Crippen LogP contribution in [-0.2, 0) is 4.79 Å². The summed E-state index contributed by atoms with van der Waals surface area (Å²) < 4.78 is 0.202. The van der Waals surface area contributed by atoms with Crippen LogP contribution in [0.25, 0.3) is 0 Å². The van der Waals surface area contributed by atoms with Crippen LogP contribution in [0.3, 0.4) is 0 Å². The number of para-hydroxylation sites is 1. The van der Waals surface area contributed by atoms with Crippen molar-refractivity contribution in [3.63, 3.8) is 0 Å². The zero-order chi connectivity index (χ0) is 14.2. The first-order valence-corrected chi connectivity index (χ1v) is 8.26. The molecular weight excluding hydrogens is 262 g/mol. The molecule has 0 unspecified atom stereocenters. The molecule has 102 valence electrons. The van der Waals surface area contributed by atoms with Crippen molar-refractivity contribution in [3.05, 3.63) is 24.3 Å². The summed E-state index contributed by atoms with van der Waals surface area (Å²) in [6.45, 7) is 12.0. The average Bonchev–Trinajstić information content (AvgIpc) is 2.29. The van der Waals surface area contributed by atoms with Gasteiger partial charge in [0, 0.05) is 16.6 Å². The van der Waals surface area contributed by atoms with Gasteiger partial charge in [-0.15, -0.1) is 0 Å². The lowest BCUT2D eigenvalue weighted by molar-refractivity contribution is -0.114. The molecule has 0 bridgehead atoms. The normalized spacial score (nSPS) is 10.3. The second-order valence-electron chi connectivity index (χ2n) is 4.46. The highest BCUT2D eigenvalue weighted by molar-refractivity contribution is 8.77. The molecule has 18 heavy (non-hydrogen) atoms. The average molecular weight is 285 g/mol. The van der Waals surface area contributed by atoms with Gasteiger partial charge in [0.05, 0.1) is 5.69 Å². The molecule has 4 heteroatoms. The standard InChI is InChI=1S/C12H17NOS2.C2H6/c1-9(14)13-10-7-5-6-8-11(10)15-16-12(2,3)4;1-2/h5-8H,1-4H3,(H,13,14);1-2H3. The van der Waals surface area contributed by atoms with E-state index >= 15 is 0 Å². The van der Waals surface area contributed by atoms with Crippen molar-refractivity contribution in [2.75, 3.05) is 5.32 Å². The van der Waals surface area contributed by atoms with Crippen molar-refractivity contribution in [3.8, 4) is 0 Å². The molecule has 0 saturated carbocycles. The van der Waals surface area contributed by atoms with Crippen LogP contribution in [0.15, 0.2) is 29.2 Å². The summed E-state index contributed by atoms with van der Waals surface area (Å²) in [5.41, 5.74) is 0.886. The van der Waals surface area contributed by atoms with Gasteiger partial charge in [-0.25, -0.2) is 0 Å². The Hall–Kier alpha value is -0.610. The summed E-state index contributed by atoms with van der Waals surface area (Å²) in [5, 5.41) is 2.84. The van der Waals surface area contributed by atoms with Gasteiger partial charge in [0.25, 0.3) is 0 Å². The van der Waals surface area contributed by atoms with E-state index in [1.807, 2.05) is 38.1 Å². The van der Waals surface area contributed by atoms with E-state index in [1.54, 1.807) is 21.6 Å². The van der Waals surface area contributed by atoms with Gasteiger partial charge >= 0.3 is 0 Å². The number of hydrogen-bond donors (Lipinski definition) is 1. The molecule has 0 aromatic heterocycles. The second kappa shape index (κ2) is 8.48. The molecule has 0 aliphatic rings. The Morgan fingerprint density at radius 1 is 1.17 bits per heavy atom.